The largest absolute Gasteiger partial charge is 0.499 e. The molecule has 0 aromatic heterocycles. The lowest BCUT2D eigenvalue weighted by Gasteiger charge is -2.27. The first-order valence-corrected chi connectivity index (χ1v) is 13.7. The van der Waals surface area contributed by atoms with Crippen molar-refractivity contribution in [2.75, 3.05) is 18.6 Å². The summed E-state index contributed by atoms with van der Waals surface area (Å²) in [6, 6.07) is 0. The van der Waals surface area contributed by atoms with Crippen LogP contribution in [0.5, 0.6) is 0 Å². The van der Waals surface area contributed by atoms with Gasteiger partial charge in [-0.1, -0.05) is 13.5 Å². The Labute approximate surface area is 182 Å². The summed E-state index contributed by atoms with van der Waals surface area (Å²) in [6.45, 7) is 5.06. The molecular weight excluding hydrogens is 512 g/mol. The Kier molecular flexibility index (Phi) is 9.48. The van der Waals surface area contributed by atoms with Crippen molar-refractivity contribution < 1.29 is 61.9 Å². The molecule has 3 unspecified atom stereocenters. The Morgan fingerprint density at radius 3 is 1.84 bits per heavy atom. The number of hydrogen-bond acceptors (Lipinski definition) is 10. The number of sulfone groups is 3. The molecule has 0 aromatic carbocycles. The van der Waals surface area contributed by atoms with E-state index in [1.54, 1.807) is 0 Å². The normalized spacial score (nSPS) is 17.0. The number of rotatable bonds is 11. The van der Waals surface area contributed by atoms with Gasteiger partial charge in [0.25, 0.3) is 13.8 Å². The Balaban J connectivity index is 5.64. The molecule has 0 amide bonds. The number of hydrogen-bond donors (Lipinski definition) is 0. The first-order valence-electron chi connectivity index (χ1n) is 8.46. The Hall–Kier alpha value is -1.75. The highest BCUT2D eigenvalue weighted by Crippen LogP contribution is 2.32. The van der Waals surface area contributed by atoms with Crippen molar-refractivity contribution in [2.24, 2.45) is 0 Å². The summed E-state index contributed by atoms with van der Waals surface area (Å²) in [5.74, 6) is -4.53. The summed E-state index contributed by atoms with van der Waals surface area (Å²) in [5, 5.41) is 0. The molecule has 32 heavy (non-hydrogen) atoms. The molecule has 0 saturated heterocycles. The predicted octanol–water partition coefficient (Wildman–Crippen LogP) is 0.833. The van der Waals surface area contributed by atoms with E-state index in [-0.39, 0.29) is 18.2 Å². The fourth-order valence-electron chi connectivity index (χ4n) is 2.22. The van der Waals surface area contributed by atoms with Gasteiger partial charge < -0.3 is 9.47 Å². The van der Waals surface area contributed by atoms with Crippen molar-refractivity contribution in [2.45, 2.75) is 48.4 Å². The molecule has 0 heterocycles. The summed E-state index contributed by atoms with van der Waals surface area (Å²) in [7, 11) is -17.7. The third kappa shape index (κ3) is 7.13. The van der Waals surface area contributed by atoms with Gasteiger partial charge in [0, 0.05) is 11.8 Å². The van der Waals surface area contributed by atoms with Crippen LogP contribution in [0.3, 0.4) is 0 Å². The summed E-state index contributed by atoms with van der Waals surface area (Å²) >= 11 is 0. The van der Waals surface area contributed by atoms with E-state index >= 15 is 0 Å². The first-order chi connectivity index (χ1) is 14.0. The molecule has 0 aromatic rings. The highest BCUT2D eigenvalue weighted by molar-refractivity contribution is 8.24. The molecule has 0 N–H and O–H groups in total. The van der Waals surface area contributed by atoms with Crippen LogP contribution in [-0.4, -0.2) is 77.0 Å². The van der Waals surface area contributed by atoms with Crippen LogP contribution in [0.25, 0.3) is 0 Å². The van der Waals surface area contributed by atoms with Gasteiger partial charge in [0.05, 0.1) is 5.75 Å². The van der Waals surface area contributed by atoms with E-state index in [1.165, 1.54) is 13.8 Å². The van der Waals surface area contributed by atoms with Crippen molar-refractivity contribution in [3.05, 3.63) is 12.2 Å². The Morgan fingerprint density at radius 2 is 1.50 bits per heavy atom. The van der Waals surface area contributed by atoms with Crippen LogP contribution in [0.15, 0.2) is 12.2 Å². The third-order valence-corrected chi connectivity index (χ3v) is 12.3. The van der Waals surface area contributed by atoms with Gasteiger partial charge in [0.15, 0.2) is 19.7 Å². The molecule has 0 bridgehead atoms. The summed E-state index contributed by atoms with van der Waals surface area (Å²) < 4.78 is 128. The van der Waals surface area contributed by atoms with Crippen LogP contribution in [0.4, 0.5) is 17.6 Å². The third-order valence-electron chi connectivity index (χ3n) is 3.79. The molecule has 188 valence electrons. The minimum absolute atomic E-state index is 0.0368. The van der Waals surface area contributed by atoms with Gasteiger partial charge in [0.1, 0.15) is 12.7 Å². The topological polar surface area (TPSA) is 155 Å². The van der Waals surface area contributed by atoms with Crippen LogP contribution in [0.2, 0.25) is 0 Å². The average molecular weight is 535 g/mol. The molecule has 17 heteroatoms. The van der Waals surface area contributed by atoms with Gasteiger partial charge in [-0.25, -0.2) is 39.2 Å². The molecule has 0 aliphatic heterocycles. The van der Waals surface area contributed by atoms with Gasteiger partial charge in [0.2, 0.25) is 5.67 Å². The van der Waals surface area contributed by atoms with Crippen molar-refractivity contribution >= 4 is 41.5 Å². The minimum Gasteiger partial charge on any atom is -0.462 e. The van der Waals surface area contributed by atoms with Gasteiger partial charge in [-0.2, -0.15) is 13.2 Å². The maximum Gasteiger partial charge on any atom is 0.499 e. The second kappa shape index (κ2) is 10.0. The second-order valence-electron chi connectivity index (χ2n) is 6.77. The zero-order valence-electron chi connectivity index (χ0n) is 17.3. The van der Waals surface area contributed by atoms with Crippen molar-refractivity contribution in [3.8, 4) is 0 Å². The lowest BCUT2D eigenvalue weighted by atomic mass is 9.99. The monoisotopic (exact) mass is 534 g/mol. The van der Waals surface area contributed by atoms with Crippen LogP contribution in [0.1, 0.15) is 27.2 Å². The SMILES string of the molecule is C=C(C)C(=O)OC(CC)C(C)(F)C(=O)OCCS(=O)(=O)C(S(C)(=O)=O)S(=O)(=O)C(F)(F)F. The van der Waals surface area contributed by atoms with Crippen LogP contribution >= 0.6 is 0 Å². The maximum atomic E-state index is 14.8. The zero-order chi connectivity index (χ0) is 25.9. The van der Waals surface area contributed by atoms with E-state index < -0.39 is 75.0 Å². The fourth-order valence-corrected chi connectivity index (χ4v) is 9.70. The average Bonchev–Trinajstić information content (AvgIpc) is 2.55. The lowest BCUT2D eigenvalue weighted by molar-refractivity contribution is -0.172. The quantitative estimate of drug-likeness (QED) is 0.211. The number of carbonyl (C=O) groups excluding carboxylic acids is 2. The molecule has 0 radical (unpaired) electrons. The second-order valence-corrected chi connectivity index (χ2v) is 14.0. The number of carbonyl (C=O) groups is 2. The van der Waals surface area contributed by atoms with Crippen LogP contribution in [0, 0.1) is 0 Å². The standard InChI is InChI=1S/C15H22F4O10S3/c1-6-10(29-11(20)9(2)3)14(4,16)12(21)28-7-8-31(24,25)13(30(5,22)23)32(26,27)15(17,18)19/h10,13H,2,6-8H2,1,3-5H3. The van der Waals surface area contributed by atoms with Crippen LogP contribution in [-0.2, 0) is 48.6 Å². The van der Waals surface area contributed by atoms with Gasteiger partial charge in [-0.3, -0.25) is 0 Å². The molecule has 0 aliphatic carbocycles. The highest BCUT2D eigenvalue weighted by Gasteiger charge is 2.60. The molecule has 10 nitrogen and oxygen atoms in total. The van der Waals surface area contributed by atoms with E-state index in [2.05, 4.69) is 11.3 Å². The van der Waals surface area contributed by atoms with Crippen molar-refractivity contribution in [1.29, 1.82) is 0 Å². The molecule has 0 rings (SSSR count). The van der Waals surface area contributed by atoms with E-state index in [0.717, 1.165) is 0 Å². The smallest absolute Gasteiger partial charge is 0.462 e. The van der Waals surface area contributed by atoms with Gasteiger partial charge >= 0.3 is 17.4 Å². The van der Waals surface area contributed by atoms with E-state index in [0.29, 0.717) is 6.92 Å². The number of halogens is 4. The molecular formula is C15H22F4O10S3. The summed E-state index contributed by atoms with van der Waals surface area (Å²) in [6.07, 6.45) is -2.00. The van der Waals surface area contributed by atoms with Crippen LogP contribution < -0.4 is 0 Å². The first kappa shape index (κ1) is 30.2. The Morgan fingerprint density at radius 1 is 1.03 bits per heavy atom. The molecule has 0 aliphatic rings. The van der Waals surface area contributed by atoms with E-state index in [1.807, 2.05) is 0 Å². The molecule has 0 saturated carbocycles. The van der Waals surface area contributed by atoms with Crippen molar-refractivity contribution in [3.63, 3.8) is 0 Å². The number of esters is 2. The predicted molar refractivity (Wildman–Crippen MR) is 103 cm³/mol. The summed E-state index contributed by atoms with van der Waals surface area (Å²) in [4.78, 5) is 23.5. The van der Waals surface area contributed by atoms with E-state index in [4.69, 9.17) is 4.74 Å². The molecule has 0 spiro atoms. The molecule has 0 fully saturated rings. The summed E-state index contributed by atoms with van der Waals surface area (Å²) in [5.41, 5.74) is -9.39. The molecule has 3 atom stereocenters. The minimum atomic E-state index is -6.73. The fraction of sp³-hybridized carbons (Fsp3) is 0.733. The number of ether oxygens (including phenoxy) is 2. The Bertz CT molecular complexity index is 1060. The highest BCUT2D eigenvalue weighted by atomic mass is 32.3. The van der Waals surface area contributed by atoms with E-state index in [9.17, 15) is 52.4 Å². The lowest BCUT2D eigenvalue weighted by Crippen LogP contribution is -2.47. The zero-order valence-corrected chi connectivity index (χ0v) is 19.8. The number of alkyl halides is 4. The van der Waals surface area contributed by atoms with Gasteiger partial charge in [-0.05, 0) is 20.3 Å². The maximum absolute atomic E-state index is 14.8. The van der Waals surface area contributed by atoms with Gasteiger partial charge in [-0.15, -0.1) is 0 Å². The van der Waals surface area contributed by atoms with Crippen molar-refractivity contribution in [1.82, 2.24) is 0 Å².